The van der Waals surface area contributed by atoms with Crippen molar-refractivity contribution in [1.82, 2.24) is 14.9 Å². The molecule has 0 aliphatic carbocycles. The number of sulfonamides is 1. The van der Waals surface area contributed by atoms with E-state index in [4.69, 9.17) is 5.11 Å². The summed E-state index contributed by atoms with van der Waals surface area (Å²) in [5.41, 5.74) is 0.753. The Morgan fingerprint density at radius 2 is 1.71 bits per heavy atom. The maximum atomic E-state index is 12.4. The molecule has 132 valence electrons. The number of hydrogen-bond acceptors (Lipinski definition) is 4. The minimum absolute atomic E-state index is 0.0498. The van der Waals surface area contributed by atoms with Crippen molar-refractivity contribution in [2.75, 3.05) is 19.6 Å². The molecule has 0 radical (unpaired) electrons. The first-order valence-electron chi connectivity index (χ1n) is 7.72. The lowest BCUT2D eigenvalue weighted by Gasteiger charge is -2.15. The molecule has 1 saturated heterocycles. The smallest absolute Gasteiger partial charge is 0.315 e. The average molecular weight is 355 g/mol. The fraction of sp³-hybridized carbons (Fsp3) is 0.467. The number of amides is 2. The average Bonchev–Trinajstić information content (AvgIpc) is 3.08. The number of nitrogens with one attached hydrogen (secondary N) is 2. The summed E-state index contributed by atoms with van der Waals surface area (Å²) in [6.45, 7) is 1.39. The molecule has 2 amide bonds. The maximum Gasteiger partial charge on any atom is 0.315 e. The fourth-order valence-electron chi connectivity index (χ4n) is 2.38. The molecule has 1 heterocycles. The highest BCUT2D eigenvalue weighted by molar-refractivity contribution is 7.89. The standard InChI is InChI=1S/C15H21N3O5S/c19-14(20)7-8-16-15(21)17-11-12-3-5-13(6-4-12)24(22,23)18-9-1-2-10-18/h3-6H,1-2,7-11H2,(H,19,20)(H2,16,17,21). The summed E-state index contributed by atoms with van der Waals surface area (Å²) < 4.78 is 26.2. The molecule has 24 heavy (non-hydrogen) atoms. The number of carboxylic acids is 1. The number of carboxylic acid groups (broad SMARTS) is 1. The first kappa shape index (κ1) is 18.2. The lowest BCUT2D eigenvalue weighted by molar-refractivity contribution is -0.136. The first-order chi connectivity index (χ1) is 11.4. The third kappa shape index (κ3) is 4.93. The number of rotatable bonds is 7. The number of aliphatic carboxylic acids is 1. The molecule has 1 fully saturated rings. The van der Waals surface area contributed by atoms with Gasteiger partial charge < -0.3 is 15.7 Å². The Labute approximate surface area is 140 Å². The van der Waals surface area contributed by atoms with E-state index < -0.39 is 22.0 Å². The second kappa shape index (κ2) is 8.11. The Morgan fingerprint density at radius 3 is 2.29 bits per heavy atom. The van der Waals surface area contributed by atoms with Crippen LogP contribution in [0.2, 0.25) is 0 Å². The quantitative estimate of drug-likeness (QED) is 0.667. The van der Waals surface area contributed by atoms with Crippen molar-refractivity contribution in [1.29, 1.82) is 0 Å². The summed E-state index contributed by atoms with van der Waals surface area (Å²) in [5, 5.41) is 13.5. The van der Waals surface area contributed by atoms with Crippen LogP contribution < -0.4 is 10.6 Å². The Bertz CT molecular complexity index is 682. The monoisotopic (exact) mass is 355 g/mol. The lowest BCUT2D eigenvalue weighted by Crippen LogP contribution is -2.36. The Morgan fingerprint density at radius 1 is 1.08 bits per heavy atom. The van der Waals surface area contributed by atoms with Gasteiger partial charge in [-0.15, -0.1) is 0 Å². The Balaban J connectivity index is 1.86. The van der Waals surface area contributed by atoms with Gasteiger partial charge >= 0.3 is 12.0 Å². The van der Waals surface area contributed by atoms with Gasteiger partial charge in [-0.3, -0.25) is 4.79 Å². The highest BCUT2D eigenvalue weighted by Gasteiger charge is 2.26. The summed E-state index contributed by atoms with van der Waals surface area (Å²) in [7, 11) is -3.43. The van der Waals surface area contributed by atoms with Crippen LogP contribution in [-0.4, -0.2) is 49.5 Å². The highest BCUT2D eigenvalue weighted by Crippen LogP contribution is 2.20. The number of carbonyl (C=O) groups is 2. The second-order valence-corrected chi connectivity index (χ2v) is 7.45. The summed E-state index contributed by atoms with van der Waals surface area (Å²) in [6.07, 6.45) is 1.63. The summed E-state index contributed by atoms with van der Waals surface area (Å²) in [4.78, 5) is 22.1. The summed E-state index contributed by atoms with van der Waals surface area (Å²) in [6, 6.07) is 5.91. The third-order valence-corrected chi connectivity index (χ3v) is 5.62. The van der Waals surface area contributed by atoms with E-state index in [1.807, 2.05) is 0 Å². The molecule has 8 nitrogen and oxygen atoms in total. The van der Waals surface area contributed by atoms with E-state index in [0.717, 1.165) is 18.4 Å². The van der Waals surface area contributed by atoms with Gasteiger partial charge in [-0.25, -0.2) is 13.2 Å². The van der Waals surface area contributed by atoms with Crippen LogP contribution in [0.1, 0.15) is 24.8 Å². The molecule has 0 unspecified atom stereocenters. The lowest BCUT2D eigenvalue weighted by atomic mass is 10.2. The molecule has 9 heteroatoms. The van der Waals surface area contributed by atoms with Gasteiger partial charge in [0.1, 0.15) is 0 Å². The summed E-state index contributed by atoms with van der Waals surface area (Å²) in [5.74, 6) is -0.981. The van der Waals surface area contributed by atoms with Crippen LogP contribution in [0.3, 0.4) is 0 Å². The molecular weight excluding hydrogens is 334 g/mol. The van der Waals surface area contributed by atoms with Crippen molar-refractivity contribution in [3.8, 4) is 0 Å². The van der Waals surface area contributed by atoms with Crippen molar-refractivity contribution < 1.29 is 23.1 Å². The van der Waals surface area contributed by atoms with Gasteiger partial charge in [0.15, 0.2) is 0 Å². The van der Waals surface area contributed by atoms with Crippen LogP contribution in [0.25, 0.3) is 0 Å². The van der Waals surface area contributed by atoms with Crippen LogP contribution in [0.5, 0.6) is 0 Å². The Kier molecular flexibility index (Phi) is 6.16. The van der Waals surface area contributed by atoms with Gasteiger partial charge in [0.05, 0.1) is 11.3 Å². The van der Waals surface area contributed by atoms with E-state index in [1.165, 1.54) is 16.4 Å². The summed E-state index contributed by atoms with van der Waals surface area (Å²) >= 11 is 0. The van der Waals surface area contributed by atoms with Gasteiger partial charge in [-0.2, -0.15) is 4.31 Å². The molecule has 1 aromatic carbocycles. The zero-order valence-corrected chi connectivity index (χ0v) is 14.0. The molecule has 0 spiro atoms. The number of carbonyl (C=O) groups excluding carboxylic acids is 1. The number of benzene rings is 1. The number of nitrogens with zero attached hydrogens (tertiary/aromatic N) is 1. The van der Waals surface area contributed by atoms with Gasteiger partial charge in [0, 0.05) is 26.2 Å². The van der Waals surface area contributed by atoms with Gasteiger partial charge in [0.2, 0.25) is 10.0 Å². The van der Waals surface area contributed by atoms with E-state index in [2.05, 4.69) is 10.6 Å². The highest BCUT2D eigenvalue weighted by atomic mass is 32.2. The SMILES string of the molecule is O=C(O)CCNC(=O)NCc1ccc(S(=O)(=O)N2CCCC2)cc1. The predicted octanol–water partition coefficient (Wildman–Crippen LogP) is 0.745. The van der Waals surface area contributed by atoms with E-state index in [9.17, 15) is 18.0 Å². The molecule has 0 saturated carbocycles. The maximum absolute atomic E-state index is 12.4. The van der Waals surface area contributed by atoms with Crippen molar-refractivity contribution >= 4 is 22.0 Å². The topological polar surface area (TPSA) is 116 Å². The minimum atomic E-state index is -3.43. The zero-order valence-electron chi connectivity index (χ0n) is 13.2. The molecule has 1 aromatic rings. The predicted molar refractivity (Wildman–Crippen MR) is 86.9 cm³/mol. The largest absolute Gasteiger partial charge is 0.481 e. The van der Waals surface area contributed by atoms with Gasteiger partial charge in [-0.05, 0) is 30.5 Å². The molecule has 1 aliphatic rings. The fourth-order valence-corrected chi connectivity index (χ4v) is 3.90. The van der Waals surface area contributed by atoms with Crippen LogP contribution in [-0.2, 0) is 21.4 Å². The van der Waals surface area contributed by atoms with Gasteiger partial charge in [-0.1, -0.05) is 12.1 Å². The Hall–Kier alpha value is -2.13. The molecule has 3 N–H and O–H groups in total. The van der Waals surface area contributed by atoms with E-state index in [1.54, 1.807) is 12.1 Å². The van der Waals surface area contributed by atoms with Crippen LogP contribution >= 0.6 is 0 Å². The third-order valence-electron chi connectivity index (χ3n) is 3.70. The van der Waals surface area contributed by atoms with Crippen molar-refractivity contribution in [2.24, 2.45) is 0 Å². The second-order valence-electron chi connectivity index (χ2n) is 5.51. The zero-order chi connectivity index (χ0) is 17.6. The number of urea groups is 1. The van der Waals surface area contributed by atoms with Crippen LogP contribution in [0, 0.1) is 0 Å². The number of hydrogen-bond donors (Lipinski definition) is 3. The molecular formula is C15H21N3O5S. The van der Waals surface area contributed by atoms with Gasteiger partial charge in [0.25, 0.3) is 0 Å². The normalized spacial score (nSPS) is 15.2. The molecule has 2 rings (SSSR count). The van der Waals surface area contributed by atoms with Crippen molar-refractivity contribution in [3.05, 3.63) is 29.8 Å². The molecule has 0 aromatic heterocycles. The van der Waals surface area contributed by atoms with E-state index in [0.29, 0.717) is 13.1 Å². The van der Waals surface area contributed by atoms with E-state index >= 15 is 0 Å². The van der Waals surface area contributed by atoms with Crippen molar-refractivity contribution in [3.63, 3.8) is 0 Å². The molecule has 0 bridgehead atoms. The van der Waals surface area contributed by atoms with Crippen LogP contribution in [0.4, 0.5) is 4.79 Å². The van der Waals surface area contributed by atoms with E-state index in [-0.39, 0.29) is 24.4 Å². The first-order valence-corrected chi connectivity index (χ1v) is 9.16. The van der Waals surface area contributed by atoms with Crippen LogP contribution in [0.15, 0.2) is 29.2 Å². The minimum Gasteiger partial charge on any atom is -0.481 e. The molecule has 0 atom stereocenters. The molecule has 1 aliphatic heterocycles. The van der Waals surface area contributed by atoms with Crippen molar-refractivity contribution in [2.45, 2.75) is 30.7 Å².